The number of anilines is 2. The fourth-order valence-electron chi connectivity index (χ4n) is 4.46. The van der Waals surface area contributed by atoms with Crippen molar-refractivity contribution in [3.05, 3.63) is 18.2 Å². The van der Waals surface area contributed by atoms with Gasteiger partial charge in [0, 0.05) is 32.6 Å². The first kappa shape index (κ1) is 19.4. The molecule has 0 aliphatic carbocycles. The number of nitrogens with one attached hydrogen (secondary N) is 1. The highest BCUT2D eigenvalue weighted by molar-refractivity contribution is 6.02. The lowest BCUT2D eigenvalue weighted by atomic mass is 10.0. The summed E-state index contributed by atoms with van der Waals surface area (Å²) in [5, 5.41) is 11.6. The number of fused-ring (bicyclic) bond motifs is 1. The maximum Gasteiger partial charge on any atom is 0.407 e. The van der Waals surface area contributed by atoms with Gasteiger partial charge in [-0.1, -0.05) is 6.07 Å². The van der Waals surface area contributed by atoms with E-state index >= 15 is 0 Å². The van der Waals surface area contributed by atoms with Gasteiger partial charge in [0.2, 0.25) is 11.8 Å². The number of hydrogen-bond acceptors (Lipinski definition) is 6. The van der Waals surface area contributed by atoms with Crippen molar-refractivity contribution in [3.63, 3.8) is 0 Å². The van der Waals surface area contributed by atoms with Gasteiger partial charge in [0.25, 0.3) is 0 Å². The number of rotatable bonds is 3. The van der Waals surface area contributed by atoms with Gasteiger partial charge in [-0.25, -0.2) is 4.79 Å². The average Bonchev–Trinajstić information content (AvgIpc) is 2.72. The van der Waals surface area contributed by atoms with Crippen molar-refractivity contribution in [3.8, 4) is 5.75 Å². The number of para-hydroxylation sites is 1. The van der Waals surface area contributed by atoms with E-state index in [1.165, 1.54) is 4.90 Å². The highest BCUT2D eigenvalue weighted by Crippen LogP contribution is 2.42. The maximum absolute atomic E-state index is 12.4. The number of carbonyl (C=O) groups excluding carboxylic acids is 2. The van der Waals surface area contributed by atoms with E-state index in [1.54, 1.807) is 7.05 Å². The molecular formula is C20H26N4O5. The molecule has 1 aromatic carbocycles. The molecule has 9 nitrogen and oxygen atoms in total. The Morgan fingerprint density at radius 1 is 1.17 bits per heavy atom. The molecule has 1 unspecified atom stereocenters. The Morgan fingerprint density at radius 3 is 2.59 bits per heavy atom. The normalized spacial score (nSPS) is 22.6. The smallest absolute Gasteiger partial charge is 0.407 e. The second kappa shape index (κ2) is 7.81. The molecular weight excluding hydrogens is 376 g/mol. The number of imide groups is 1. The van der Waals surface area contributed by atoms with Crippen LogP contribution in [0.15, 0.2) is 18.2 Å². The standard InChI is InChI=1S/C20H26N4O5/c1-22(20(27)28)13-7-9-23(10-8-13)14-3-2-4-15-18(14)29-12-11-24(15)16-5-6-17(25)21-19(16)26/h2-4,13,16H,5-12H2,1H3,(H,27,28)(H,21,25,26). The quantitative estimate of drug-likeness (QED) is 0.734. The van der Waals surface area contributed by atoms with E-state index < -0.39 is 6.09 Å². The topological polar surface area (TPSA) is 102 Å². The number of carboxylic acid groups (broad SMARTS) is 1. The van der Waals surface area contributed by atoms with Crippen LogP contribution in [-0.4, -0.2) is 73.3 Å². The molecule has 156 valence electrons. The Hall–Kier alpha value is -2.97. The van der Waals surface area contributed by atoms with Crippen molar-refractivity contribution < 1.29 is 24.2 Å². The van der Waals surface area contributed by atoms with E-state index in [0.29, 0.717) is 26.0 Å². The van der Waals surface area contributed by atoms with Crippen LogP contribution in [0, 0.1) is 0 Å². The number of ether oxygens (including phenoxy) is 1. The van der Waals surface area contributed by atoms with Gasteiger partial charge in [-0.3, -0.25) is 14.9 Å². The Bertz CT molecular complexity index is 821. The second-order valence-electron chi connectivity index (χ2n) is 7.75. The monoisotopic (exact) mass is 402 g/mol. The van der Waals surface area contributed by atoms with E-state index in [9.17, 15) is 19.5 Å². The molecule has 29 heavy (non-hydrogen) atoms. The highest BCUT2D eigenvalue weighted by Gasteiger charge is 2.36. The fourth-order valence-corrected chi connectivity index (χ4v) is 4.46. The lowest BCUT2D eigenvalue weighted by molar-refractivity contribution is -0.134. The molecule has 1 atom stereocenters. The molecule has 0 radical (unpaired) electrons. The number of nitrogens with zero attached hydrogens (tertiary/aromatic N) is 3. The van der Waals surface area contributed by atoms with Crippen LogP contribution in [0.25, 0.3) is 0 Å². The summed E-state index contributed by atoms with van der Waals surface area (Å²) in [5.41, 5.74) is 1.84. The Kier molecular flexibility index (Phi) is 5.21. The molecule has 0 aromatic heterocycles. The number of carbonyl (C=O) groups is 3. The Balaban J connectivity index is 1.54. The van der Waals surface area contributed by atoms with Gasteiger partial charge in [-0.2, -0.15) is 0 Å². The van der Waals surface area contributed by atoms with Gasteiger partial charge >= 0.3 is 6.09 Å². The van der Waals surface area contributed by atoms with Crippen LogP contribution in [0.5, 0.6) is 5.75 Å². The summed E-state index contributed by atoms with van der Waals surface area (Å²) in [5.74, 6) is 0.285. The van der Waals surface area contributed by atoms with Crippen molar-refractivity contribution in [2.24, 2.45) is 0 Å². The minimum absolute atomic E-state index is 0.0178. The van der Waals surface area contributed by atoms with Gasteiger partial charge < -0.3 is 24.5 Å². The molecule has 0 saturated carbocycles. The molecule has 3 heterocycles. The molecule has 4 rings (SSSR count). The van der Waals surface area contributed by atoms with Gasteiger partial charge in [0.15, 0.2) is 5.75 Å². The molecule has 3 amide bonds. The zero-order chi connectivity index (χ0) is 20.5. The van der Waals surface area contributed by atoms with Gasteiger partial charge in [0.1, 0.15) is 12.6 Å². The zero-order valence-corrected chi connectivity index (χ0v) is 16.5. The van der Waals surface area contributed by atoms with Crippen LogP contribution in [-0.2, 0) is 9.59 Å². The maximum atomic E-state index is 12.4. The average molecular weight is 402 g/mol. The number of benzene rings is 1. The fraction of sp³-hybridized carbons (Fsp3) is 0.550. The van der Waals surface area contributed by atoms with Crippen LogP contribution in [0.1, 0.15) is 25.7 Å². The second-order valence-corrected chi connectivity index (χ2v) is 7.75. The first-order valence-electron chi connectivity index (χ1n) is 10.0. The van der Waals surface area contributed by atoms with E-state index in [1.807, 2.05) is 23.1 Å². The third kappa shape index (κ3) is 3.68. The van der Waals surface area contributed by atoms with Crippen LogP contribution in [0.2, 0.25) is 0 Å². The van der Waals surface area contributed by atoms with Crippen LogP contribution in [0.4, 0.5) is 16.2 Å². The summed E-state index contributed by atoms with van der Waals surface area (Å²) < 4.78 is 6.01. The van der Waals surface area contributed by atoms with E-state index in [0.717, 1.165) is 43.1 Å². The van der Waals surface area contributed by atoms with Gasteiger partial charge in [-0.05, 0) is 31.4 Å². The first-order valence-corrected chi connectivity index (χ1v) is 10.0. The van der Waals surface area contributed by atoms with Crippen molar-refractivity contribution in [2.45, 2.75) is 37.8 Å². The molecule has 3 aliphatic rings. The third-order valence-corrected chi connectivity index (χ3v) is 6.10. The van der Waals surface area contributed by atoms with Crippen molar-refractivity contribution >= 4 is 29.3 Å². The molecule has 2 N–H and O–H groups in total. The van der Waals surface area contributed by atoms with Crippen molar-refractivity contribution in [2.75, 3.05) is 43.1 Å². The van der Waals surface area contributed by atoms with E-state index in [-0.39, 0.29) is 23.9 Å². The molecule has 9 heteroatoms. The van der Waals surface area contributed by atoms with Crippen molar-refractivity contribution in [1.82, 2.24) is 10.2 Å². The van der Waals surface area contributed by atoms with Crippen LogP contribution >= 0.6 is 0 Å². The largest absolute Gasteiger partial charge is 0.487 e. The SMILES string of the molecule is CN(C(=O)O)C1CCN(c2cccc3c2OCCN3C2CCC(=O)NC2=O)CC1. The molecule has 2 fully saturated rings. The number of hydrogen-bond donors (Lipinski definition) is 2. The summed E-state index contributed by atoms with van der Waals surface area (Å²) in [4.78, 5) is 40.7. The number of piperidine rings is 2. The lowest BCUT2D eigenvalue weighted by Crippen LogP contribution is -2.54. The van der Waals surface area contributed by atoms with E-state index in [2.05, 4.69) is 10.2 Å². The van der Waals surface area contributed by atoms with Crippen LogP contribution in [0.3, 0.4) is 0 Å². The summed E-state index contributed by atoms with van der Waals surface area (Å²) in [6.07, 6.45) is 1.45. The molecule has 0 spiro atoms. The third-order valence-electron chi connectivity index (χ3n) is 6.10. The summed E-state index contributed by atoms with van der Waals surface area (Å²) >= 11 is 0. The van der Waals surface area contributed by atoms with Gasteiger partial charge in [0.05, 0.1) is 17.9 Å². The molecule has 2 saturated heterocycles. The summed E-state index contributed by atoms with van der Waals surface area (Å²) in [6, 6.07) is 5.56. The minimum Gasteiger partial charge on any atom is -0.487 e. The molecule has 0 bridgehead atoms. The predicted octanol–water partition coefficient (Wildman–Crippen LogP) is 1.27. The molecule has 1 aromatic rings. The summed E-state index contributed by atoms with van der Waals surface area (Å²) in [7, 11) is 1.62. The lowest BCUT2D eigenvalue weighted by Gasteiger charge is -2.41. The number of amides is 3. The van der Waals surface area contributed by atoms with Gasteiger partial charge in [-0.15, -0.1) is 0 Å². The highest BCUT2D eigenvalue weighted by atomic mass is 16.5. The molecule has 3 aliphatic heterocycles. The predicted molar refractivity (Wildman–Crippen MR) is 106 cm³/mol. The Morgan fingerprint density at radius 2 is 1.90 bits per heavy atom. The van der Waals surface area contributed by atoms with E-state index in [4.69, 9.17) is 4.74 Å². The first-order chi connectivity index (χ1) is 14.0. The van der Waals surface area contributed by atoms with Crippen molar-refractivity contribution in [1.29, 1.82) is 0 Å². The van der Waals surface area contributed by atoms with Crippen LogP contribution < -0.4 is 19.9 Å². The zero-order valence-electron chi connectivity index (χ0n) is 16.5. The Labute approximate surface area is 169 Å². The minimum atomic E-state index is -0.899. The summed E-state index contributed by atoms with van der Waals surface area (Å²) in [6.45, 7) is 2.54.